The molecule has 1 amide bonds. The van der Waals surface area contributed by atoms with Gasteiger partial charge in [-0.1, -0.05) is 94.8 Å². The van der Waals surface area contributed by atoms with E-state index in [9.17, 15) is 4.79 Å². The second kappa shape index (κ2) is 14.8. The highest BCUT2D eigenvalue weighted by molar-refractivity contribution is 9.10. The van der Waals surface area contributed by atoms with Gasteiger partial charge in [-0.3, -0.25) is 4.79 Å². The van der Waals surface area contributed by atoms with Gasteiger partial charge in [-0.2, -0.15) is 0 Å². The zero-order valence-electron chi connectivity index (χ0n) is 28.3. The van der Waals surface area contributed by atoms with Crippen LogP contribution in [0.1, 0.15) is 65.0 Å². The van der Waals surface area contributed by atoms with Gasteiger partial charge in [0.05, 0.1) is 17.2 Å². The van der Waals surface area contributed by atoms with E-state index < -0.39 is 0 Å². The average Bonchev–Trinajstić information content (AvgIpc) is 3.50. The number of rotatable bonds is 9. The van der Waals surface area contributed by atoms with Gasteiger partial charge in [-0.15, -0.1) is 0 Å². The molecular weight excluding hydrogens is 718 g/mol. The maximum atomic E-state index is 13.3. The van der Waals surface area contributed by atoms with E-state index in [1.165, 1.54) is 39.7 Å². The molecule has 3 aliphatic rings. The first kappa shape index (κ1) is 33.4. The summed E-state index contributed by atoms with van der Waals surface area (Å²) in [4.78, 5) is 21.5. The molecule has 0 aromatic heterocycles. The Hall–Kier alpha value is -4.79. The fourth-order valence-electron chi connectivity index (χ4n) is 7.40. The van der Waals surface area contributed by atoms with E-state index >= 15 is 0 Å². The number of nitrogens with one attached hydrogen (secondary N) is 1. The zero-order chi connectivity index (χ0) is 34.7. The molecule has 0 bridgehead atoms. The molecule has 2 atom stereocenters. The molecular formula is C43H38BrN3O3S. The Morgan fingerprint density at radius 3 is 2.10 bits per heavy atom. The lowest BCUT2D eigenvalue weighted by Crippen LogP contribution is -2.37. The van der Waals surface area contributed by atoms with Gasteiger partial charge in [0, 0.05) is 35.1 Å². The van der Waals surface area contributed by atoms with Crippen LogP contribution in [-0.2, 0) is 11.4 Å². The summed E-state index contributed by atoms with van der Waals surface area (Å²) >= 11 is 4.84. The number of benzene rings is 5. The van der Waals surface area contributed by atoms with Gasteiger partial charge in [0.2, 0.25) is 0 Å². The number of carbonyl (C=O) groups is 1. The highest BCUT2D eigenvalue weighted by Crippen LogP contribution is 2.50. The Bertz CT molecular complexity index is 2050. The largest absolute Gasteiger partial charge is 0.490 e. The smallest absolute Gasteiger partial charge is 0.264 e. The second-order valence-electron chi connectivity index (χ2n) is 13.0. The first-order valence-electron chi connectivity index (χ1n) is 17.5. The van der Waals surface area contributed by atoms with Gasteiger partial charge in [-0.25, -0.2) is 4.99 Å². The molecule has 0 saturated carbocycles. The number of hydrogen-bond acceptors (Lipinski definition) is 6. The summed E-state index contributed by atoms with van der Waals surface area (Å²) in [5.74, 6) is 1.70. The van der Waals surface area contributed by atoms with Crippen LogP contribution in [0.15, 0.2) is 130 Å². The van der Waals surface area contributed by atoms with Crippen LogP contribution in [-0.4, -0.2) is 30.8 Å². The molecule has 3 heterocycles. The number of amides is 1. The van der Waals surface area contributed by atoms with E-state index in [4.69, 9.17) is 14.5 Å². The van der Waals surface area contributed by atoms with Gasteiger partial charge in [0.15, 0.2) is 16.7 Å². The van der Waals surface area contributed by atoms with Crippen LogP contribution in [0.5, 0.6) is 11.5 Å². The number of nitrogens with zero attached hydrogens (tertiary/aromatic N) is 2. The monoisotopic (exact) mass is 755 g/mol. The third-order valence-corrected chi connectivity index (χ3v) is 11.2. The molecule has 51 heavy (non-hydrogen) atoms. The number of aliphatic imine (C=N–C) groups is 1. The summed E-state index contributed by atoms with van der Waals surface area (Å²) < 4.78 is 13.1. The first-order valence-corrected chi connectivity index (χ1v) is 19.1. The molecule has 256 valence electrons. The maximum absolute atomic E-state index is 13.3. The minimum absolute atomic E-state index is 0.165. The Kier molecular flexibility index (Phi) is 9.70. The molecule has 0 aliphatic carbocycles. The van der Waals surface area contributed by atoms with E-state index in [1.807, 2.05) is 55.5 Å². The first-order chi connectivity index (χ1) is 25.0. The van der Waals surface area contributed by atoms with Crippen molar-refractivity contribution >= 4 is 56.2 Å². The van der Waals surface area contributed by atoms with Crippen molar-refractivity contribution in [3.63, 3.8) is 0 Å². The van der Waals surface area contributed by atoms with Gasteiger partial charge < -0.3 is 19.7 Å². The molecule has 0 unspecified atom stereocenters. The van der Waals surface area contributed by atoms with Crippen molar-refractivity contribution in [3.8, 4) is 11.5 Å². The molecule has 8 rings (SSSR count). The summed E-state index contributed by atoms with van der Waals surface area (Å²) in [6.45, 7) is 4.95. The van der Waals surface area contributed by atoms with Crippen molar-refractivity contribution in [1.82, 2.24) is 5.32 Å². The van der Waals surface area contributed by atoms with E-state index in [-0.39, 0.29) is 17.7 Å². The minimum Gasteiger partial charge on any atom is -0.490 e. The number of anilines is 1. The number of ether oxygens (including phenoxy) is 2. The number of halogens is 1. The van der Waals surface area contributed by atoms with Crippen LogP contribution >= 0.6 is 27.7 Å². The van der Waals surface area contributed by atoms with Crippen molar-refractivity contribution in [2.45, 2.75) is 38.2 Å². The highest BCUT2D eigenvalue weighted by atomic mass is 79.9. The van der Waals surface area contributed by atoms with Gasteiger partial charge in [-0.05, 0) is 107 Å². The lowest BCUT2D eigenvalue weighted by Gasteiger charge is -2.43. The summed E-state index contributed by atoms with van der Waals surface area (Å²) in [7, 11) is 0. The molecule has 5 aromatic rings. The van der Waals surface area contributed by atoms with E-state index in [1.54, 1.807) is 0 Å². The number of hydrogen-bond donors (Lipinski definition) is 1. The van der Waals surface area contributed by atoms with Crippen LogP contribution in [0.3, 0.4) is 0 Å². The van der Waals surface area contributed by atoms with E-state index in [0.717, 1.165) is 47.2 Å². The van der Waals surface area contributed by atoms with Gasteiger partial charge in [0.1, 0.15) is 6.61 Å². The summed E-state index contributed by atoms with van der Waals surface area (Å²) in [5.41, 5.74) is 9.43. The summed E-state index contributed by atoms with van der Waals surface area (Å²) in [6.07, 6.45) is 4.00. The molecule has 5 aromatic carbocycles. The Morgan fingerprint density at radius 1 is 0.824 bits per heavy atom. The molecule has 1 fully saturated rings. The molecule has 6 nitrogen and oxygen atoms in total. The topological polar surface area (TPSA) is 63.2 Å². The molecule has 1 saturated heterocycles. The van der Waals surface area contributed by atoms with Crippen molar-refractivity contribution in [2.24, 2.45) is 4.99 Å². The van der Waals surface area contributed by atoms with Crippen molar-refractivity contribution in [1.29, 1.82) is 0 Å². The lowest BCUT2D eigenvalue weighted by molar-refractivity contribution is -0.115. The fraction of sp³-hybridized carbons (Fsp3) is 0.209. The molecule has 3 aliphatic heterocycles. The van der Waals surface area contributed by atoms with E-state index in [2.05, 4.69) is 98.9 Å². The number of amidine groups is 1. The zero-order valence-corrected chi connectivity index (χ0v) is 30.8. The third-order valence-electron chi connectivity index (χ3n) is 9.75. The Labute approximate surface area is 311 Å². The predicted octanol–water partition coefficient (Wildman–Crippen LogP) is 10.2. The summed E-state index contributed by atoms with van der Waals surface area (Å²) in [6, 6.07) is 40.0. The average molecular weight is 757 g/mol. The molecule has 0 radical (unpaired) electrons. The van der Waals surface area contributed by atoms with Crippen LogP contribution < -0.4 is 19.7 Å². The van der Waals surface area contributed by atoms with Crippen LogP contribution in [0, 0.1) is 0 Å². The quantitative estimate of drug-likeness (QED) is 0.152. The van der Waals surface area contributed by atoms with Crippen LogP contribution in [0.2, 0.25) is 0 Å². The second-order valence-corrected chi connectivity index (χ2v) is 14.9. The van der Waals surface area contributed by atoms with Crippen LogP contribution in [0.4, 0.5) is 11.4 Å². The third kappa shape index (κ3) is 7.21. The van der Waals surface area contributed by atoms with Gasteiger partial charge >= 0.3 is 0 Å². The lowest BCUT2D eigenvalue weighted by atomic mass is 9.76. The highest BCUT2D eigenvalue weighted by Gasteiger charge is 2.35. The minimum atomic E-state index is -0.165. The SMILES string of the molecule is CCOc1cc(/C=C2\SC(=Nc3cc4c5c(c3)[C@H](c3ccccc3)CCN5CC[C@@H]4c3ccccc3)NC2=O)ccc1OCc1ccc(Br)cc1. The molecule has 1 N–H and O–H groups in total. The normalized spacial score (nSPS) is 19.6. The van der Waals surface area contributed by atoms with E-state index in [0.29, 0.717) is 34.8 Å². The van der Waals surface area contributed by atoms with Crippen molar-refractivity contribution < 1.29 is 14.3 Å². The molecule has 8 heteroatoms. The van der Waals surface area contributed by atoms with Crippen LogP contribution in [0.25, 0.3) is 6.08 Å². The molecule has 0 spiro atoms. The maximum Gasteiger partial charge on any atom is 0.264 e. The van der Waals surface area contributed by atoms with Crippen molar-refractivity contribution in [2.75, 3.05) is 24.6 Å². The van der Waals surface area contributed by atoms with Gasteiger partial charge in [0.25, 0.3) is 5.91 Å². The fourth-order valence-corrected chi connectivity index (χ4v) is 8.50. The van der Waals surface area contributed by atoms with Crippen molar-refractivity contribution in [3.05, 3.63) is 158 Å². The summed E-state index contributed by atoms with van der Waals surface area (Å²) in [5, 5.41) is 3.61. The standard InChI is InChI=1S/C43H38BrN3O3S/c1-2-49-39-23-29(15-18-38(39)50-27-28-13-16-32(44)17-14-28)24-40-42(48)46-43(51-40)45-33-25-36-34(30-9-5-3-6-10-30)19-21-47-22-20-35(37(26-33)41(36)47)31-11-7-4-8-12-31/h3-18,23-26,34-35H,2,19-22,27H2,1H3,(H,45,46,48)/b40-24-/t34-,35+. The predicted molar refractivity (Wildman–Crippen MR) is 211 cm³/mol. The number of thioether (sulfide) groups is 1. The number of carbonyl (C=O) groups excluding carboxylic acids is 1. The Morgan fingerprint density at radius 2 is 1.47 bits per heavy atom. The Balaban J connectivity index is 1.10.